The Morgan fingerprint density at radius 1 is 1.38 bits per heavy atom. The van der Waals surface area contributed by atoms with Crippen molar-refractivity contribution in [3.63, 3.8) is 0 Å². The van der Waals surface area contributed by atoms with Crippen LogP contribution in [0.3, 0.4) is 0 Å². The molecular weight excluding hydrogens is 208 g/mol. The van der Waals surface area contributed by atoms with Gasteiger partial charge in [-0.15, -0.1) is 0 Å². The first-order valence-corrected chi connectivity index (χ1v) is 4.96. The lowest BCUT2D eigenvalue weighted by atomic mass is 10.1. The van der Waals surface area contributed by atoms with Gasteiger partial charge in [0.15, 0.2) is 0 Å². The lowest BCUT2D eigenvalue weighted by Gasteiger charge is -2.04. The molecule has 0 aromatic heterocycles. The maximum absolute atomic E-state index is 10.6. The second kappa shape index (κ2) is 9.96. The zero-order chi connectivity index (χ0) is 13.1. The summed E-state index contributed by atoms with van der Waals surface area (Å²) in [5.41, 5.74) is 0.525. The number of hydrogen-bond donors (Lipinski definition) is 0. The van der Waals surface area contributed by atoms with Crippen LogP contribution in [-0.4, -0.2) is 25.7 Å². The summed E-state index contributed by atoms with van der Waals surface area (Å²) in [5.74, 6) is -0.495. The summed E-state index contributed by atoms with van der Waals surface area (Å²) in [5, 5.41) is 0. The Kier molecular flexibility index (Phi) is 10.5. The molecule has 16 heavy (non-hydrogen) atoms. The number of ether oxygens (including phenoxy) is 2. The SMILES string of the molecule is C=C(C(=O)OC)C(C)C.C=CC(=O)OCC. The molecule has 0 saturated heterocycles. The van der Waals surface area contributed by atoms with E-state index < -0.39 is 0 Å². The van der Waals surface area contributed by atoms with Gasteiger partial charge in [0, 0.05) is 11.6 Å². The minimum Gasteiger partial charge on any atom is -0.466 e. The first-order valence-electron chi connectivity index (χ1n) is 4.96. The van der Waals surface area contributed by atoms with Gasteiger partial charge < -0.3 is 9.47 Å². The lowest BCUT2D eigenvalue weighted by Crippen LogP contribution is -2.08. The van der Waals surface area contributed by atoms with Crippen LogP contribution in [0.2, 0.25) is 0 Å². The van der Waals surface area contributed by atoms with Crippen LogP contribution in [0.4, 0.5) is 0 Å². The highest BCUT2D eigenvalue weighted by Crippen LogP contribution is 2.06. The van der Waals surface area contributed by atoms with Crippen LogP contribution in [0.15, 0.2) is 24.8 Å². The van der Waals surface area contributed by atoms with Crippen molar-refractivity contribution in [2.45, 2.75) is 20.8 Å². The van der Waals surface area contributed by atoms with Gasteiger partial charge in [-0.25, -0.2) is 9.59 Å². The molecule has 0 saturated carbocycles. The Hall–Kier alpha value is -1.58. The van der Waals surface area contributed by atoms with Crippen LogP contribution in [0.1, 0.15) is 20.8 Å². The molecule has 92 valence electrons. The van der Waals surface area contributed by atoms with E-state index in [4.69, 9.17) is 0 Å². The summed E-state index contributed by atoms with van der Waals surface area (Å²) >= 11 is 0. The Bertz CT molecular complexity index is 254. The van der Waals surface area contributed by atoms with Crippen molar-refractivity contribution in [2.24, 2.45) is 5.92 Å². The van der Waals surface area contributed by atoms with E-state index in [0.29, 0.717) is 12.2 Å². The highest BCUT2D eigenvalue weighted by molar-refractivity contribution is 5.87. The molecular formula is C12H20O4. The third-order valence-electron chi connectivity index (χ3n) is 1.60. The van der Waals surface area contributed by atoms with Crippen LogP contribution in [0, 0.1) is 5.92 Å². The van der Waals surface area contributed by atoms with E-state index in [9.17, 15) is 9.59 Å². The molecule has 0 aliphatic heterocycles. The van der Waals surface area contributed by atoms with Gasteiger partial charge in [0.2, 0.25) is 0 Å². The summed E-state index contributed by atoms with van der Waals surface area (Å²) in [6, 6.07) is 0. The average Bonchev–Trinajstić information content (AvgIpc) is 2.27. The number of methoxy groups -OCH3 is 1. The second-order valence-corrected chi connectivity index (χ2v) is 3.13. The molecule has 0 aliphatic rings. The first kappa shape index (κ1) is 16.8. The number of carbonyl (C=O) groups is 2. The van der Waals surface area contributed by atoms with Crippen molar-refractivity contribution in [2.75, 3.05) is 13.7 Å². The Morgan fingerprint density at radius 3 is 2.00 bits per heavy atom. The lowest BCUT2D eigenvalue weighted by molar-refractivity contribution is -0.137. The molecule has 0 unspecified atom stereocenters. The Balaban J connectivity index is 0. The zero-order valence-electron chi connectivity index (χ0n) is 10.4. The zero-order valence-corrected chi connectivity index (χ0v) is 10.4. The minimum absolute atomic E-state index is 0.178. The first-order chi connectivity index (χ1) is 7.40. The fourth-order valence-electron chi connectivity index (χ4n) is 0.568. The van der Waals surface area contributed by atoms with E-state index in [1.165, 1.54) is 7.11 Å². The van der Waals surface area contributed by atoms with E-state index in [2.05, 4.69) is 22.6 Å². The van der Waals surface area contributed by atoms with Gasteiger partial charge in [0.25, 0.3) is 0 Å². The second-order valence-electron chi connectivity index (χ2n) is 3.13. The monoisotopic (exact) mass is 228 g/mol. The summed E-state index contributed by atoms with van der Waals surface area (Å²) in [6.45, 7) is 12.7. The maximum atomic E-state index is 10.6. The van der Waals surface area contributed by atoms with Crippen molar-refractivity contribution < 1.29 is 19.1 Å². The molecule has 4 nitrogen and oxygen atoms in total. The summed E-state index contributed by atoms with van der Waals surface area (Å²) in [4.78, 5) is 20.7. The fourth-order valence-corrected chi connectivity index (χ4v) is 0.568. The van der Waals surface area contributed by atoms with Gasteiger partial charge >= 0.3 is 11.9 Å². The molecule has 0 aromatic rings. The average molecular weight is 228 g/mol. The predicted octanol–water partition coefficient (Wildman–Crippen LogP) is 2.11. The molecule has 0 N–H and O–H groups in total. The quantitative estimate of drug-likeness (QED) is 0.546. The number of carbonyl (C=O) groups excluding carboxylic acids is 2. The molecule has 0 bridgehead atoms. The molecule has 0 aromatic carbocycles. The number of esters is 2. The Labute approximate surface area is 96.9 Å². The third kappa shape index (κ3) is 8.99. The topological polar surface area (TPSA) is 52.6 Å². The van der Waals surface area contributed by atoms with Gasteiger partial charge in [-0.3, -0.25) is 0 Å². The van der Waals surface area contributed by atoms with Crippen LogP contribution in [-0.2, 0) is 19.1 Å². The standard InChI is InChI=1S/C7H12O2.C5H8O2/c1-5(2)6(3)7(8)9-4;1-3-5(6)7-4-2/h5H,3H2,1-2,4H3;3H,1,4H2,2H3. The van der Waals surface area contributed by atoms with Crippen molar-refractivity contribution in [1.82, 2.24) is 0 Å². The summed E-state index contributed by atoms with van der Waals surface area (Å²) < 4.78 is 8.87. The molecule has 0 atom stereocenters. The van der Waals surface area contributed by atoms with Crippen molar-refractivity contribution >= 4 is 11.9 Å². The summed E-state index contributed by atoms with van der Waals surface area (Å²) in [7, 11) is 1.36. The van der Waals surface area contributed by atoms with Crippen molar-refractivity contribution in [3.05, 3.63) is 24.8 Å². The third-order valence-corrected chi connectivity index (χ3v) is 1.60. The van der Waals surface area contributed by atoms with E-state index in [1.807, 2.05) is 13.8 Å². The molecule has 0 radical (unpaired) electrons. The van der Waals surface area contributed by atoms with Gasteiger partial charge in [-0.2, -0.15) is 0 Å². The highest BCUT2D eigenvalue weighted by atomic mass is 16.5. The van der Waals surface area contributed by atoms with Crippen LogP contribution >= 0.6 is 0 Å². The molecule has 0 rings (SSSR count). The fraction of sp³-hybridized carbons (Fsp3) is 0.500. The van der Waals surface area contributed by atoms with Crippen LogP contribution in [0.25, 0.3) is 0 Å². The summed E-state index contributed by atoms with van der Waals surface area (Å²) in [6.07, 6.45) is 1.14. The van der Waals surface area contributed by atoms with Crippen molar-refractivity contribution in [1.29, 1.82) is 0 Å². The van der Waals surface area contributed by atoms with Gasteiger partial charge in [-0.05, 0) is 12.8 Å². The molecule has 0 fully saturated rings. The normalized spacial score (nSPS) is 8.56. The van der Waals surface area contributed by atoms with Gasteiger partial charge in [0.1, 0.15) is 0 Å². The Morgan fingerprint density at radius 2 is 1.88 bits per heavy atom. The van der Waals surface area contributed by atoms with E-state index in [-0.39, 0.29) is 17.9 Å². The van der Waals surface area contributed by atoms with Crippen molar-refractivity contribution in [3.8, 4) is 0 Å². The molecule has 0 aliphatic carbocycles. The number of hydrogen-bond acceptors (Lipinski definition) is 4. The maximum Gasteiger partial charge on any atom is 0.333 e. The van der Waals surface area contributed by atoms with E-state index >= 15 is 0 Å². The van der Waals surface area contributed by atoms with Gasteiger partial charge in [-0.1, -0.05) is 27.0 Å². The van der Waals surface area contributed by atoms with E-state index in [0.717, 1.165) is 6.08 Å². The minimum atomic E-state index is -0.359. The van der Waals surface area contributed by atoms with E-state index in [1.54, 1.807) is 6.92 Å². The van der Waals surface area contributed by atoms with Gasteiger partial charge in [0.05, 0.1) is 13.7 Å². The largest absolute Gasteiger partial charge is 0.466 e. The van der Waals surface area contributed by atoms with Crippen LogP contribution in [0.5, 0.6) is 0 Å². The molecule has 4 heteroatoms. The molecule has 0 amide bonds. The number of rotatable bonds is 4. The molecule has 0 spiro atoms. The van der Waals surface area contributed by atoms with Crippen LogP contribution < -0.4 is 0 Å². The highest BCUT2D eigenvalue weighted by Gasteiger charge is 2.09. The smallest absolute Gasteiger partial charge is 0.333 e. The molecule has 0 heterocycles. The predicted molar refractivity (Wildman–Crippen MR) is 62.8 cm³/mol.